The highest BCUT2D eigenvalue weighted by Gasteiger charge is 2.03. The lowest BCUT2D eigenvalue weighted by atomic mass is 10.1. The number of nitrogens with two attached hydrogens (primary N) is 1. The Morgan fingerprint density at radius 2 is 1.82 bits per heavy atom. The Labute approximate surface area is 129 Å². The number of hydrogen-bond donors (Lipinski definition) is 3. The number of hydrogen-bond acceptors (Lipinski definition) is 3. The maximum atomic E-state index is 10.8. The van der Waals surface area contributed by atoms with Crippen LogP contribution in [-0.2, 0) is 11.2 Å². The van der Waals surface area contributed by atoms with Crippen LogP contribution >= 0.6 is 0 Å². The van der Waals surface area contributed by atoms with Crippen LogP contribution in [-0.4, -0.2) is 15.9 Å². The number of imidazole rings is 1. The number of rotatable bonds is 4. The number of carbonyl (C=O) groups excluding carboxylic acids is 1. The third-order valence-corrected chi connectivity index (χ3v) is 2.98. The largest absolute Gasteiger partial charge is 0.369 e. The molecular weight excluding hydrogens is 276 g/mol. The van der Waals surface area contributed by atoms with Gasteiger partial charge in [-0.2, -0.15) is 0 Å². The van der Waals surface area contributed by atoms with Crippen LogP contribution in [0, 0.1) is 0 Å². The molecule has 22 heavy (non-hydrogen) atoms. The third kappa shape index (κ3) is 3.85. The van der Waals surface area contributed by atoms with Crippen LogP contribution in [0.25, 0.3) is 11.0 Å². The van der Waals surface area contributed by atoms with Gasteiger partial charge in [0, 0.05) is 5.69 Å². The van der Waals surface area contributed by atoms with Gasteiger partial charge in [0.25, 0.3) is 0 Å². The standard InChI is InChI=1S/C15H14N4O.C2H6/c16-14(20)9-10-5-7-11(8-6-10)17-15-18-12-3-1-2-4-13(12)19-15;1-2/h1-8H,9H2,(H2,16,20)(H2,17,18,19);1-2H3. The first-order valence-electron chi connectivity index (χ1n) is 7.30. The zero-order valence-electron chi connectivity index (χ0n) is 12.8. The average molecular weight is 296 g/mol. The molecule has 1 aromatic heterocycles. The lowest BCUT2D eigenvalue weighted by Crippen LogP contribution is -2.13. The quantitative estimate of drug-likeness (QED) is 0.690. The molecule has 0 radical (unpaired) electrons. The highest BCUT2D eigenvalue weighted by atomic mass is 16.1. The summed E-state index contributed by atoms with van der Waals surface area (Å²) in [6.45, 7) is 4.00. The van der Waals surface area contributed by atoms with E-state index in [9.17, 15) is 4.79 Å². The van der Waals surface area contributed by atoms with Crippen molar-refractivity contribution in [2.75, 3.05) is 5.32 Å². The molecule has 0 spiro atoms. The minimum atomic E-state index is -0.331. The van der Waals surface area contributed by atoms with Gasteiger partial charge in [0.15, 0.2) is 0 Å². The maximum absolute atomic E-state index is 10.8. The van der Waals surface area contributed by atoms with Gasteiger partial charge in [-0.05, 0) is 29.8 Å². The fraction of sp³-hybridized carbons (Fsp3) is 0.176. The predicted octanol–water partition coefficient (Wildman–Crippen LogP) is 3.36. The van der Waals surface area contributed by atoms with Gasteiger partial charge in [0.2, 0.25) is 11.9 Å². The van der Waals surface area contributed by atoms with Crippen molar-refractivity contribution < 1.29 is 4.79 Å². The third-order valence-electron chi connectivity index (χ3n) is 2.98. The number of amides is 1. The molecular formula is C17H20N4O. The summed E-state index contributed by atoms with van der Waals surface area (Å²) in [5, 5.41) is 3.19. The second-order valence-electron chi connectivity index (χ2n) is 4.57. The number of aromatic amines is 1. The topological polar surface area (TPSA) is 83.8 Å². The molecule has 0 bridgehead atoms. The number of aromatic nitrogens is 2. The number of primary amides is 1. The Hall–Kier alpha value is -2.82. The summed E-state index contributed by atoms with van der Waals surface area (Å²) in [6.07, 6.45) is 0.255. The zero-order valence-corrected chi connectivity index (χ0v) is 12.8. The van der Waals surface area contributed by atoms with E-state index in [0.717, 1.165) is 22.3 Å². The first-order chi connectivity index (χ1) is 10.7. The minimum absolute atomic E-state index is 0.255. The van der Waals surface area contributed by atoms with Gasteiger partial charge in [-0.1, -0.05) is 38.1 Å². The SMILES string of the molecule is CC.NC(=O)Cc1ccc(Nc2nc3ccccc3[nH]2)cc1. The fourth-order valence-electron chi connectivity index (χ4n) is 2.06. The molecule has 5 nitrogen and oxygen atoms in total. The van der Waals surface area contributed by atoms with Crippen LogP contribution < -0.4 is 11.1 Å². The molecule has 0 aliphatic carbocycles. The predicted molar refractivity (Wildman–Crippen MR) is 90.1 cm³/mol. The van der Waals surface area contributed by atoms with Crippen molar-refractivity contribution in [2.24, 2.45) is 5.73 Å². The van der Waals surface area contributed by atoms with Gasteiger partial charge in [-0.3, -0.25) is 4.79 Å². The van der Waals surface area contributed by atoms with Crippen molar-refractivity contribution >= 4 is 28.6 Å². The number of para-hydroxylation sites is 2. The van der Waals surface area contributed by atoms with Gasteiger partial charge in [0.05, 0.1) is 17.5 Å². The molecule has 0 aliphatic heterocycles. The molecule has 1 amide bonds. The second kappa shape index (κ2) is 7.26. The highest BCUT2D eigenvalue weighted by Crippen LogP contribution is 2.18. The lowest BCUT2D eigenvalue weighted by molar-refractivity contribution is -0.117. The number of anilines is 2. The Kier molecular flexibility index (Phi) is 5.14. The Morgan fingerprint density at radius 1 is 1.14 bits per heavy atom. The van der Waals surface area contributed by atoms with E-state index in [-0.39, 0.29) is 12.3 Å². The van der Waals surface area contributed by atoms with Crippen LogP contribution in [0.3, 0.4) is 0 Å². The van der Waals surface area contributed by atoms with Crippen LogP contribution in [0.1, 0.15) is 19.4 Å². The number of benzene rings is 2. The van der Waals surface area contributed by atoms with Crippen molar-refractivity contribution in [3.63, 3.8) is 0 Å². The number of nitrogens with zero attached hydrogens (tertiary/aromatic N) is 1. The number of H-pyrrole nitrogens is 1. The van der Waals surface area contributed by atoms with Gasteiger partial charge >= 0.3 is 0 Å². The van der Waals surface area contributed by atoms with Gasteiger partial charge in [0.1, 0.15) is 0 Å². The molecule has 0 saturated heterocycles. The second-order valence-corrected chi connectivity index (χ2v) is 4.57. The number of fused-ring (bicyclic) bond motifs is 1. The highest BCUT2D eigenvalue weighted by molar-refractivity contribution is 5.78. The number of carbonyl (C=O) groups is 1. The molecule has 3 aromatic rings. The van der Waals surface area contributed by atoms with E-state index in [1.807, 2.05) is 62.4 Å². The first-order valence-corrected chi connectivity index (χ1v) is 7.30. The molecule has 0 aliphatic rings. The molecule has 2 aromatic carbocycles. The molecule has 0 fully saturated rings. The summed E-state index contributed by atoms with van der Waals surface area (Å²) in [5.41, 5.74) is 8.86. The van der Waals surface area contributed by atoms with Crippen LogP contribution in [0.4, 0.5) is 11.6 Å². The Bertz CT molecular complexity index is 714. The van der Waals surface area contributed by atoms with E-state index >= 15 is 0 Å². The Balaban J connectivity index is 0.000000847. The van der Waals surface area contributed by atoms with E-state index in [1.54, 1.807) is 0 Å². The summed E-state index contributed by atoms with van der Waals surface area (Å²) in [4.78, 5) is 18.5. The summed E-state index contributed by atoms with van der Waals surface area (Å²) in [6, 6.07) is 15.4. The summed E-state index contributed by atoms with van der Waals surface area (Å²) >= 11 is 0. The van der Waals surface area contributed by atoms with E-state index < -0.39 is 0 Å². The summed E-state index contributed by atoms with van der Waals surface area (Å²) < 4.78 is 0. The van der Waals surface area contributed by atoms with E-state index in [4.69, 9.17) is 5.73 Å². The molecule has 0 unspecified atom stereocenters. The van der Waals surface area contributed by atoms with Crippen molar-refractivity contribution in [2.45, 2.75) is 20.3 Å². The van der Waals surface area contributed by atoms with Gasteiger partial charge in [-0.25, -0.2) is 4.98 Å². The molecule has 4 N–H and O–H groups in total. The fourth-order valence-corrected chi connectivity index (χ4v) is 2.06. The smallest absolute Gasteiger partial charge is 0.221 e. The van der Waals surface area contributed by atoms with Gasteiger partial charge in [-0.15, -0.1) is 0 Å². The molecule has 114 valence electrons. The van der Waals surface area contributed by atoms with Crippen molar-refractivity contribution in [3.05, 3.63) is 54.1 Å². The first kappa shape index (κ1) is 15.6. The van der Waals surface area contributed by atoms with E-state index in [1.165, 1.54) is 0 Å². The monoisotopic (exact) mass is 296 g/mol. The summed E-state index contributed by atoms with van der Waals surface area (Å²) in [7, 11) is 0. The molecule has 0 saturated carbocycles. The van der Waals surface area contributed by atoms with Gasteiger partial charge < -0.3 is 16.0 Å². The van der Waals surface area contributed by atoms with Crippen molar-refractivity contribution in [1.29, 1.82) is 0 Å². The maximum Gasteiger partial charge on any atom is 0.221 e. The van der Waals surface area contributed by atoms with Crippen LogP contribution in [0.2, 0.25) is 0 Å². The zero-order chi connectivity index (χ0) is 15.9. The minimum Gasteiger partial charge on any atom is -0.369 e. The molecule has 1 heterocycles. The molecule has 3 rings (SSSR count). The Morgan fingerprint density at radius 3 is 2.45 bits per heavy atom. The average Bonchev–Trinajstić information content (AvgIpc) is 2.93. The number of nitrogens with one attached hydrogen (secondary N) is 2. The van der Waals surface area contributed by atoms with Crippen LogP contribution in [0.5, 0.6) is 0 Å². The van der Waals surface area contributed by atoms with E-state index in [2.05, 4.69) is 15.3 Å². The lowest BCUT2D eigenvalue weighted by Gasteiger charge is -2.03. The van der Waals surface area contributed by atoms with Crippen LogP contribution in [0.15, 0.2) is 48.5 Å². The van der Waals surface area contributed by atoms with E-state index in [0.29, 0.717) is 5.95 Å². The van der Waals surface area contributed by atoms with Crippen molar-refractivity contribution in [3.8, 4) is 0 Å². The summed E-state index contributed by atoms with van der Waals surface area (Å²) in [5.74, 6) is 0.358. The molecule has 5 heteroatoms. The van der Waals surface area contributed by atoms with Crippen molar-refractivity contribution in [1.82, 2.24) is 9.97 Å². The normalized spacial score (nSPS) is 9.91. The molecule has 0 atom stereocenters.